The molecule has 2 N–H and O–H groups in total. The number of aliphatic hydroxyl groups excluding tert-OH is 2. The Morgan fingerprint density at radius 3 is 2.18 bits per heavy atom. The number of anilines is 2. The minimum atomic E-state index is -2.17. The van der Waals surface area contributed by atoms with Gasteiger partial charge in [0.2, 0.25) is 17.8 Å². The number of imide groups is 1. The maximum absolute atomic E-state index is 16.7. The Morgan fingerprint density at radius 2 is 1.49 bits per heavy atom. The van der Waals surface area contributed by atoms with Crippen LogP contribution in [0.1, 0.15) is 58.0 Å². The molecular weight excluding hydrogens is 935 g/mol. The van der Waals surface area contributed by atoms with Gasteiger partial charge in [-0.3, -0.25) is 29.4 Å². The predicted octanol–water partition coefficient (Wildman–Crippen LogP) is 5.84. The van der Waals surface area contributed by atoms with Crippen LogP contribution in [0.15, 0.2) is 146 Å². The Labute approximate surface area is 419 Å². The summed E-state index contributed by atoms with van der Waals surface area (Å²) in [5.41, 5.74) is 0.427. The monoisotopic (exact) mass is 983 g/mol. The molecule has 1 aromatic heterocycles. The highest BCUT2D eigenvalue weighted by Crippen LogP contribution is 2.67. The van der Waals surface area contributed by atoms with Crippen molar-refractivity contribution in [3.8, 4) is 17.6 Å². The van der Waals surface area contributed by atoms with Crippen LogP contribution in [0.5, 0.6) is 5.75 Å². The van der Waals surface area contributed by atoms with E-state index >= 15 is 14.4 Å². The number of carbonyl (C=O) groups is 4. The summed E-state index contributed by atoms with van der Waals surface area (Å²) in [7, 11) is 0. The second-order valence-corrected chi connectivity index (χ2v) is 17.9. The molecule has 0 saturated carbocycles. The maximum Gasteiger partial charge on any atom is 0.421 e. The third-order valence-electron chi connectivity index (χ3n) is 13.9. The molecule has 4 aliphatic heterocycles. The lowest BCUT2D eigenvalue weighted by atomic mass is 9.64. The number of hydrogen-bond acceptors (Lipinski definition) is 15. The molecule has 18 heteroatoms. The molecule has 73 heavy (non-hydrogen) atoms. The third-order valence-corrected chi connectivity index (χ3v) is 13.9. The van der Waals surface area contributed by atoms with E-state index in [9.17, 15) is 25.1 Å². The van der Waals surface area contributed by atoms with Crippen LogP contribution in [-0.4, -0.2) is 111 Å². The predicted molar refractivity (Wildman–Crippen MR) is 264 cm³/mol. The highest BCUT2D eigenvalue weighted by molar-refractivity contribution is 6.23. The molecule has 1 spiro atoms. The van der Waals surface area contributed by atoms with Gasteiger partial charge in [0.1, 0.15) is 36.5 Å². The number of amides is 3. The second-order valence-electron chi connectivity index (χ2n) is 17.9. The Bertz CT molecular complexity index is 3090. The van der Waals surface area contributed by atoms with Crippen LogP contribution in [-0.2, 0) is 35.9 Å². The quantitative estimate of drug-likeness (QED) is 0.0637. The summed E-state index contributed by atoms with van der Waals surface area (Å²) in [6.07, 6.45) is 1.29. The standard InChI is InChI=1S/C55H49N7O11/c63-31-10-9-12-36-21-24-43-42(34-36)55(52(67)60(43)54(68)72-35-37-19-22-40(23-20-37)62(69)70)45(50(65)58-27-29-59(30-28-58)53-56-25-11-26-57-53)47-51(66)73-48(39-15-5-2-6-16-39)46(38-13-3-1-4-14-38)61(47)49(55)41-17-7-8-18-44(41)71-33-32-64/h1-8,11,13-26,34,45-49,63-64H,10,27-33,35H2/t45-,46-,47-,48+,49+,55-/m0/s1. The van der Waals surface area contributed by atoms with Gasteiger partial charge in [-0.1, -0.05) is 90.7 Å². The molecule has 0 aliphatic carbocycles. The lowest BCUT2D eigenvalue weighted by Gasteiger charge is -2.46. The van der Waals surface area contributed by atoms with Crippen LogP contribution in [0.3, 0.4) is 0 Å². The van der Waals surface area contributed by atoms with Gasteiger partial charge in [-0.25, -0.2) is 19.7 Å². The summed E-state index contributed by atoms with van der Waals surface area (Å²) in [5.74, 6) is 2.95. The van der Waals surface area contributed by atoms with Crippen molar-refractivity contribution in [3.63, 3.8) is 0 Å². The highest BCUT2D eigenvalue weighted by atomic mass is 16.6. The molecule has 4 aliphatic rings. The summed E-state index contributed by atoms with van der Waals surface area (Å²) >= 11 is 0. The van der Waals surface area contributed by atoms with E-state index in [1.165, 1.54) is 24.3 Å². The molecule has 0 bridgehead atoms. The number of esters is 1. The van der Waals surface area contributed by atoms with E-state index in [2.05, 4.69) is 21.8 Å². The number of morpholine rings is 1. The molecule has 0 radical (unpaired) electrons. The van der Waals surface area contributed by atoms with Crippen LogP contribution in [0.4, 0.5) is 22.1 Å². The molecule has 3 amide bonds. The fourth-order valence-corrected chi connectivity index (χ4v) is 10.8. The third kappa shape index (κ3) is 8.77. The summed E-state index contributed by atoms with van der Waals surface area (Å²) in [6.45, 7) is -0.190. The van der Waals surface area contributed by atoms with Crippen molar-refractivity contribution in [1.82, 2.24) is 19.8 Å². The Balaban J connectivity index is 1.22. The van der Waals surface area contributed by atoms with Gasteiger partial charge in [0.25, 0.3) is 5.69 Å². The first-order chi connectivity index (χ1) is 35.6. The van der Waals surface area contributed by atoms with Crippen molar-refractivity contribution in [2.45, 2.75) is 42.7 Å². The zero-order valence-corrected chi connectivity index (χ0v) is 39.3. The number of carbonyl (C=O) groups excluding carboxylic acids is 4. The molecule has 6 aromatic rings. The van der Waals surface area contributed by atoms with Crippen LogP contribution in [0.2, 0.25) is 0 Å². The van der Waals surface area contributed by atoms with E-state index in [-0.39, 0.29) is 68.6 Å². The summed E-state index contributed by atoms with van der Waals surface area (Å²) in [5, 5.41) is 31.3. The number of nitro benzene ring substituents is 1. The number of aromatic nitrogens is 2. The normalized spacial score (nSPS) is 22.2. The SMILES string of the molecule is O=C1O[C@H](c2ccccc2)[C@H](c2ccccc2)N2[C@H]1[C@@H](C(=O)N1CCN(c3ncccn3)CC1)[C@]1(C(=O)N(C(=O)OCc3ccc([N+](=O)[O-])cc3)c3ccc(C#CCCO)cc31)[C@H]2c1ccccc1OCCO. The van der Waals surface area contributed by atoms with Gasteiger partial charge in [-0.05, 0) is 64.7 Å². The molecule has 370 valence electrons. The maximum atomic E-state index is 16.7. The van der Waals surface area contributed by atoms with Crippen molar-refractivity contribution in [3.05, 3.63) is 189 Å². The van der Waals surface area contributed by atoms with E-state index in [1.54, 1.807) is 65.8 Å². The number of non-ortho nitro benzene ring substituents is 1. The topological polar surface area (TPSA) is 218 Å². The largest absolute Gasteiger partial charge is 0.491 e. The Hall–Kier alpha value is -8.50. The fourth-order valence-electron chi connectivity index (χ4n) is 10.8. The van der Waals surface area contributed by atoms with Gasteiger partial charge in [0.05, 0.1) is 41.8 Å². The number of aliphatic hydroxyl groups is 2. The van der Waals surface area contributed by atoms with Crippen molar-refractivity contribution in [2.24, 2.45) is 5.92 Å². The van der Waals surface area contributed by atoms with E-state index in [0.29, 0.717) is 46.9 Å². The molecule has 6 atom stereocenters. The molecule has 0 unspecified atom stereocenters. The number of nitro groups is 1. The van der Waals surface area contributed by atoms with Crippen LogP contribution in [0, 0.1) is 27.9 Å². The first-order valence-electron chi connectivity index (χ1n) is 23.9. The molecule has 10 rings (SSSR count). The molecule has 5 heterocycles. The number of cyclic esters (lactones) is 1. The minimum absolute atomic E-state index is 0.0677. The van der Waals surface area contributed by atoms with E-state index < -0.39 is 64.4 Å². The van der Waals surface area contributed by atoms with Gasteiger partial charge in [-0.2, -0.15) is 0 Å². The van der Waals surface area contributed by atoms with Crippen molar-refractivity contribution < 1.29 is 48.5 Å². The van der Waals surface area contributed by atoms with Crippen LogP contribution in [0.25, 0.3) is 0 Å². The minimum Gasteiger partial charge on any atom is -0.491 e. The van der Waals surface area contributed by atoms with Gasteiger partial charge in [0.15, 0.2) is 0 Å². The lowest BCUT2D eigenvalue weighted by Crippen LogP contribution is -2.59. The van der Waals surface area contributed by atoms with E-state index in [4.69, 9.17) is 14.2 Å². The molecule has 18 nitrogen and oxygen atoms in total. The number of hydrogen-bond donors (Lipinski definition) is 2. The van der Waals surface area contributed by atoms with E-state index in [1.807, 2.05) is 70.5 Å². The number of fused-ring (bicyclic) bond motifs is 3. The van der Waals surface area contributed by atoms with Crippen molar-refractivity contribution in [1.29, 1.82) is 0 Å². The molecular formula is C55H49N7O11. The number of para-hydroxylation sites is 1. The number of rotatable bonds is 12. The van der Waals surface area contributed by atoms with Gasteiger partial charge >= 0.3 is 12.1 Å². The Morgan fingerprint density at radius 1 is 0.808 bits per heavy atom. The summed E-state index contributed by atoms with van der Waals surface area (Å²) in [4.78, 5) is 89.8. The zero-order valence-electron chi connectivity index (χ0n) is 39.3. The molecule has 5 aromatic carbocycles. The van der Waals surface area contributed by atoms with Crippen molar-refractivity contribution in [2.75, 3.05) is 55.8 Å². The summed E-state index contributed by atoms with van der Waals surface area (Å²) in [6, 6.07) is 33.8. The van der Waals surface area contributed by atoms with Crippen LogP contribution < -0.4 is 14.5 Å². The molecule has 3 saturated heterocycles. The van der Waals surface area contributed by atoms with E-state index in [0.717, 1.165) is 4.90 Å². The average Bonchev–Trinajstić information content (AvgIpc) is 3.88. The lowest BCUT2D eigenvalue weighted by molar-refractivity contribution is -0.384. The average molecular weight is 984 g/mol. The first-order valence-corrected chi connectivity index (χ1v) is 23.9. The fraction of sp³-hybridized carbons (Fsp3) is 0.273. The first kappa shape index (κ1) is 48.1. The van der Waals surface area contributed by atoms with Gasteiger partial charge < -0.3 is 34.2 Å². The number of piperazine rings is 1. The number of nitrogens with zero attached hydrogens (tertiary/aromatic N) is 7. The zero-order chi connectivity index (χ0) is 50.6. The smallest absolute Gasteiger partial charge is 0.421 e. The number of ether oxygens (including phenoxy) is 3. The van der Waals surface area contributed by atoms with Crippen LogP contribution >= 0.6 is 0 Å². The second kappa shape index (κ2) is 20.7. The Kier molecular flexibility index (Phi) is 13.6. The highest BCUT2D eigenvalue weighted by Gasteiger charge is 2.76. The van der Waals surface area contributed by atoms with Crippen molar-refractivity contribution >= 4 is 41.2 Å². The summed E-state index contributed by atoms with van der Waals surface area (Å²) < 4.78 is 18.9. The van der Waals surface area contributed by atoms with Gasteiger partial charge in [0, 0.05) is 68.3 Å². The molecule has 3 fully saturated rings. The van der Waals surface area contributed by atoms with Gasteiger partial charge in [-0.15, -0.1) is 0 Å². The number of benzene rings is 5.